The fourth-order valence-electron chi connectivity index (χ4n) is 1.96. The van der Waals surface area contributed by atoms with Crippen LogP contribution in [0.4, 0.5) is 5.69 Å². The van der Waals surface area contributed by atoms with E-state index in [-0.39, 0.29) is 0 Å². The van der Waals surface area contributed by atoms with Gasteiger partial charge >= 0.3 is 0 Å². The maximum absolute atomic E-state index is 6.13. The monoisotopic (exact) mass is 288 g/mol. The Morgan fingerprint density at radius 2 is 2.40 bits per heavy atom. The van der Waals surface area contributed by atoms with Gasteiger partial charge in [-0.2, -0.15) is 0 Å². The third-order valence-corrected chi connectivity index (χ3v) is 4.54. The molecule has 1 aromatic heterocycles. The molecule has 0 radical (unpaired) electrons. The smallest absolute Gasteiger partial charge is 0.0822 e. The quantitative estimate of drug-likeness (QED) is 0.737. The fourth-order valence-corrected chi connectivity index (χ4v) is 2.57. The lowest BCUT2D eigenvalue weighted by atomic mass is 10.00. The van der Waals surface area contributed by atoms with Crippen molar-refractivity contribution in [1.29, 1.82) is 0 Å². The molecule has 0 saturated carbocycles. The third-order valence-electron chi connectivity index (χ3n) is 2.89. The van der Waals surface area contributed by atoms with E-state index in [9.17, 15) is 0 Å². The summed E-state index contributed by atoms with van der Waals surface area (Å²) in [5.41, 5.74) is 1.11. The van der Waals surface area contributed by atoms with Gasteiger partial charge in [-0.05, 0) is 18.4 Å². The molecule has 0 spiro atoms. The van der Waals surface area contributed by atoms with Crippen molar-refractivity contribution >= 4 is 33.2 Å². The first-order chi connectivity index (χ1) is 7.18. The lowest BCUT2D eigenvalue weighted by Crippen LogP contribution is -2.39. The highest BCUT2D eigenvalue weighted by atomic mass is 79.9. The van der Waals surface area contributed by atoms with Crippen molar-refractivity contribution in [2.45, 2.75) is 18.2 Å². The largest absolute Gasteiger partial charge is 0.370 e. The Balaban J connectivity index is 2.15. The second-order valence-corrected chi connectivity index (χ2v) is 5.64. The maximum atomic E-state index is 6.13. The van der Waals surface area contributed by atoms with Gasteiger partial charge in [-0.1, -0.05) is 34.5 Å². The summed E-state index contributed by atoms with van der Waals surface area (Å²) in [5.74, 6) is 0.656. The number of aromatic nitrogens is 1. The van der Waals surface area contributed by atoms with Crippen LogP contribution in [0.15, 0.2) is 18.5 Å². The number of rotatable bonds is 1. The Bertz CT molecular complexity index is 345. The van der Waals surface area contributed by atoms with E-state index >= 15 is 0 Å². The molecular weight excluding hydrogens is 275 g/mol. The Kier molecular flexibility index (Phi) is 3.52. The maximum Gasteiger partial charge on any atom is 0.0822 e. The molecule has 1 saturated heterocycles. The van der Waals surface area contributed by atoms with E-state index in [1.807, 2.05) is 6.07 Å². The lowest BCUT2D eigenvalue weighted by molar-refractivity contribution is 0.466. The summed E-state index contributed by atoms with van der Waals surface area (Å²) in [7, 11) is 0. The molecular formula is C11H14BrClN2. The van der Waals surface area contributed by atoms with Crippen LogP contribution in [-0.2, 0) is 0 Å². The van der Waals surface area contributed by atoms with Crippen molar-refractivity contribution in [3.05, 3.63) is 23.5 Å². The molecule has 0 amide bonds. The molecule has 15 heavy (non-hydrogen) atoms. The SMILES string of the molecule is CC1CN(c2ccncc2Cl)CCC1Br. The van der Waals surface area contributed by atoms with Crippen molar-refractivity contribution in [3.63, 3.8) is 0 Å². The van der Waals surface area contributed by atoms with E-state index in [1.54, 1.807) is 12.4 Å². The van der Waals surface area contributed by atoms with E-state index < -0.39 is 0 Å². The molecule has 0 bridgehead atoms. The van der Waals surface area contributed by atoms with E-state index in [1.165, 1.54) is 6.42 Å². The molecule has 82 valence electrons. The van der Waals surface area contributed by atoms with Crippen LogP contribution in [0, 0.1) is 5.92 Å². The standard InChI is InChI=1S/C11H14BrClN2/c1-8-7-15(5-3-9(8)12)11-2-4-14-6-10(11)13/h2,4,6,8-9H,3,5,7H2,1H3. The molecule has 0 N–H and O–H groups in total. The van der Waals surface area contributed by atoms with Crippen molar-refractivity contribution in [2.24, 2.45) is 5.92 Å². The van der Waals surface area contributed by atoms with Crippen LogP contribution < -0.4 is 4.90 Å². The topological polar surface area (TPSA) is 16.1 Å². The van der Waals surface area contributed by atoms with Crippen LogP contribution in [-0.4, -0.2) is 22.9 Å². The summed E-state index contributed by atoms with van der Waals surface area (Å²) in [5, 5.41) is 0.748. The number of nitrogens with zero attached hydrogens (tertiary/aromatic N) is 2. The molecule has 1 aliphatic rings. The molecule has 2 rings (SSSR count). The number of hydrogen-bond donors (Lipinski definition) is 0. The van der Waals surface area contributed by atoms with E-state index in [4.69, 9.17) is 11.6 Å². The van der Waals surface area contributed by atoms with Crippen LogP contribution in [0.25, 0.3) is 0 Å². The summed E-state index contributed by atoms with van der Waals surface area (Å²) in [6, 6.07) is 1.99. The van der Waals surface area contributed by atoms with Crippen LogP contribution in [0.5, 0.6) is 0 Å². The summed E-state index contributed by atoms with van der Waals surface area (Å²) in [6.45, 7) is 4.38. The second-order valence-electron chi connectivity index (χ2n) is 4.06. The first kappa shape index (κ1) is 11.2. The van der Waals surface area contributed by atoms with Crippen LogP contribution in [0.3, 0.4) is 0 Å². The summed E-state index contributed by atoms with van der Waals surface area (Å²) < 4.78 is 0. The average Bonchev–Trinajstić information content (AvgIpc) is 2.23. The van der Waals surface area contributed by atoms with Gasteiger partial charge in [-0.3, -0.25) is 4.98 Å². The minimum absolute atomic E-state index is 0.634. The summed E-state index contributed by atoms with van der Waals surface area (Å²) in [6.07, 6.45) is 4.67. The van der Waals surface area contributed by atoms with Crippen molar-refractivity contribution in [2.75, 3.05) is 18.0 Å². The number of hydrogen-bond acceptors (Lipinski definition) is 2. The van der Waals surface area contributed by atoms with E-state index in [2.05, 4.69) is 32.7 Å². The Labute approximate surface area is 104 Å². The summed E-state index contributed by atoms with van der Waals surface area (Å²) in [4.78, 5) is 6.98. The molecule has 4 heteroatoms. The Morgan fingerprint density at radius 1 is 1.60 bits per heavy atom. The highest BCUT2D eigenvalue weighted by Gasteiger charge is 2.24. The number of pyridine rings is 1. The lowest BCUT2D eigenvalue weighted by Gasteiger charge is -2.36. The molecule has 2 heterocycles. The number of anilines is 1. The van der Waals surface area contributed by atoms with Crippen LogP contribution >= 0.6 is 27.5 Å². The van der Waals surface area contributed by atoms with Gasteiger partial charge in [0.1, 0.15) is 0 Å². The van der Waals surface area contributed by atoms with Gasteiger partial charge in [-0.25, -0.2) is 0 Å². The number of halogens is 2. The second kappa shape index (κ2) is 4.71. The van der Waals surface area contributed by atoms with Crippen LogP contribution in [0.1, 0.15) is 13.3 Å². The highest BCUT2D eigenvalue weighted by Crippen LogP contribution is 2.30. The predicted molar refractivity (Wildman–Crippen MR) is 68.0 cm³/mol. The highest BCUT2D eigenvalue weighted by molar-refractivity contribution is 9.09. The zero-order valence-electron chi connectivity index (χ0n) is 8.66. The molecule has 1 fully saturated rings. The molecule has 2 atom stereocenters. The molecule has 0 aromatic carbocycles. The minimum Gasteiger partial charge on any atom is -0.370 e. The van der Waals surface area contributed by atoms with Gasteiger partial charge in [0, 0.05) is 30.3 Å². The van der Waals surface area contributed by atoms with Crippen molar-refractivity contribution in [1.82, 2.24) is 4.98 Å². The Hall–Kier alpha value is -0.280. The van der Waals surface area contributed by atoms with Gasteiger partial charge in [0.15, 0.2) is 0 Å². The molecule has 1 aliphatic heterocycles. The fraction of sp³-hybridized carbons (Fsp3) is 0.545. The van der Waals surface area contributed by atoms with Gasteiger partial charge in [-0.15, -0.1) is 0 Å². The van der Waals surface area contributed by atoms with Gasteiger partial charge in [0.25, 0.3) is 0 Å². The normalized spacial score (nSPS) is 26.7. The molecule has 1 aromatic rings. The zero-order chi connectivity index (χ0) is 10.8. The van der Waals surface area contributed by atoms with E-state index in [0.717, 1.165) is 23.8 Å². The predicted octanol–water partition coefficient (Wildman–Crippen LogP) is 3.34. The average molecular weight is 290 g/mol. The Morgan fingerprint density at radius 3 is 3.07 bits per heavy atom. The third kappa shape index (κ3) is 2.45. The van der Waals surface area contributed by atoms with Crippen LogP contribution in [0.2, 0.25) is 5.02 Å². The number of alkyl halides is 1. The minimum atomic E-state index is 0.634. The summed E-state index contributed by atoms with van der Waals surface area (Å²) >= 11 is 9.83. The van der Waals surface area contributed by atoms with Gasteiger partial charge in [0.05, 0.1) is 10.7 Å². The molecule has 2 nitrogen and oxygen atoms in total. The first-order valence-electron chi connectivity index (χ1n) is 5.17. The van der Waals surface area contributed by atoms with Crippen molar-refractivity contribution < 1.29 is 0 Å². The number of piperidine rings is 1. The molecule has 2 unspecified atom stereocenters. The first-order valence-corrected chi connectivity index (χ1v) is 6.46. The zero-order valence-corrected chi connectivity index (χ0v) is 11.0. The van der Waals surface area contributed by atoms with Crippen molar-refractivity contribution in [3.8, 4) is 0 Å². The van der Waals surface area contributed by atoms with E-state index in [0.29, 0.717) is 10.7 Å². The van der Waals surface area contributed by atoms with Gasteiger partial charge in [0.2, 0.25) is 0 Å². The molecule has 0 aliphatic carbocycles. The van der Waals surface area contributed by atoms with Gasteiger partial charge < -0.3 is 4.90 Å².